The van der Waals surface area contributed by atoms with Gasteiger partial charge in [-0.1, -0.05) is 18.2 Å². The van der Waals surface area contributed by atoms with E-state index in [1.165, 1.54) is 23.5 Å². The van der Waals surface area contributed by atoms with Crippen LogP contribution in [0.4, 0.5) is 14.3 Å². The number of amides is 2. The number of thiazole rings is 1. The SMILES string of the molecule is O=C(NCc1ccccn1)Nc1ncc(Cc2cccc(F)c2)s1. The summed E-state index contributed by atoms with van der Waals surface area (Å²) in [5.74, 6) is -0.260. The number of rotatable bonds is 5. The average Bonchev–Trinajstić information content (AvgIpc) is 3.01. The van der Waals surface area contributed by atoms with Crippen molar-refractivity contribution >= 4 is 22.5 Å². The lowest BCUT2D eigenvalue weighted by Gasteiger charge is -2.04. The van der Waals surface area contributed by atoms with Gasteiger partial charge in [-0.25, -0.2) is 14.2 Å². The highest BCUT2D eigenvalue weighted by atomic mass is 32.1. The quantitative estimate of drug-likeness (QED) is 0.745. The maximum atomic E-state index is 13.2. The first-order chi connectivity index (χ1) is 11.7. The molecule has 0 fully saturated rings. The second-order valence-electron chi connectivity index (χ2n) is 5.07. The molecule has 2 aromatic heterocycles. The number of nitrogens with one attached hydrogen (secondary N) is 2. The van der Waals surface area contributed by atoms with Crippen LogP contribution in [0.2, 0.25) is 0 Å². The van der Waals surface area contributed by atoms with E-state index in [9.17, 15) is 9.18 Å². The molecule has 5 nitrogen and oxygen atoms in total. The zero-order valence-corrected chi connectivity index (χ0v) is 13.5. The van der Waals surface area contributed by atoms with Crippen molar-refractivity contribution in [3.63, 3.8) is 0 Å². The Hall–Kier alpha value is -2.80. The van der Waals surface area contributed by atoms with Crippen molar-refractivity contribution in [3.8, 4) is 0 Å². The van der Waals surface area contributed by atoms with Crippen LogP contribution in [0.25, 0.3) is 0 Å². The van der Waals surface area contributed by atoms with Crippen LogP contribution in [-0.4, -0.2) is 16.0 Å². The molecule has 0 saturated carbocycles. The molecule has 2 amide bonds. The lowest BCUT2D eigenvalue weighted by Crippen LogP contribution is -2.28. The largest absolute Gasteiger partial charge is 0.332 e. The van der Waals surface area contributed by atoms with Crippen LogP contribution in [-0.2, 0) is 13.0 Å². The molecule has 2 heterocycles. The zero-order chi connectivity index (χ0) is 16.8. The van der Waals surface area contributed by atoms with Crippen molar-refractivity contribution in [1.29, 1.82) is 0 Å². The second-order valence-corrected chi connectivity index (χ2v) is 6.18. The summed E-state index contributed by atoms with van der Waals surface area (Å²) in [6.07, 6.45) is 3.94. The van der Waals surface area contributed by atoms with Crippen molar-refractivity contribution in [2.45, 2.75) is 13.0 Å². The standard InChI is InChI=1S/C17H15FN4OS/c18-13-5-3-4-12(8-13)9-15-11-21-17(24-15)22-16(23)20-10-14-6-1-2-7-19-14/h1-8,11H,9-10H2,(H2,20,21,22,23). The fourth-order valence-corrected chi connectivity index (χ4v) is 2.95. The third-order valence-electron chi connectivity index (χ3n) is 3.20. The number of halogens is 1. The van der Waals surface area contributed by atoms with Gasteiger partial charge in [0.25, 0.3) is 0 Å². The smallest absolute Gasteiger partial charge is 0.321 e. The minimum absolute atomic E-state index is 0.260. The van der Waals surface area contributed by atoms with Gasteiger partial charge in [0.1, 0.15) is 5.82 Å². The Kier molecular flexibility index (Phi) is 5.12. The van der Waals surface area contributed by atoms with E-state index in [0.717, 1.165) is 16.1 Å². The summed E-state index contributed by atoms with van der Waals surface area (Å²) in [6, 6.07) is 11.6. The molecule has 0 aliphatic heterocycles. The number of urea groups is 1. The van der Waals surface area contributed by atoms with E-state index in [-0.39, 0.29) is 11.8 Å². The summed E-state index contributed by atoms with van der Waals surface area (Å²) < 4.78 is 13.2. The maximum absolute atomic E-state index is 13.2. The van der Waals surface area contributed by atoms with Crippen molar-refractivity contribution in [3.05, 3.63) is 76.8 Å². The predicted molar refractivity (Wildman–Crippen MR) is 91.4 cm³/mol. The van der Waals surface area contributed by atoms with Crippen LogP contribution >= 0.6 is 11.3 Å². The highest BCUT2D eigenvalue weighted by molar-refractivity contribution is 7.15. The molecule has 0 radical (unpaired) electrons. The fraction of sp³-hybridized carbons (Fsp3) is 0.118. The molecule has 0 saturated heterocycles. The van der Waals surface area contributed by atoms with Gasteiger partial charge in [-0.3, -0.25) is 10.3 Å². The van der Waals surface area contributed by atoms with E-state index in [4.69, 9.17) is 0 Å². The Balaban J connectivity index is 1.53. The van der Waals surface area contributed by atoms with Gasteiger partial charge in [-0.15, -0.1) is 11.3 Å². The van der Waals surface area contributed by atoms with Gasteiger partial charge in [0.15, 0.2) is 5.13 Å². The molecule has 7 heteroatoms. The predicted octanol–water partition coefficient (Wildman–Crippen LogP) is 3.59. The molecule has 1 aromatic carbocycles. The fourth-order valence-electron chi connectivity index (χ4n) is 2.11. The van der Waals surface area contributed by atoms with Crippen molar-refractivity contribution in [1.82, 2.24) is 15.3 Å². The number of pyridine rings is 1. The van der Waals surface area contributed by atoms with Gasteiger partial charge in [0, 0.05) is 23.7 Å². The van der Waals surface area contributed by atoms with Crippen molar-refractivity contribution < 1.29 is 9.18 Å². The van der Waals surface area contributed by atoms with Crippen LogP contribution < -0.4 is 10.6 Å². The molecule has 122 valence electrons. The molecule has 2 N–H and O–H groups in total. The van der Waals surface area contributed by atoms with Crippen LogP contribution in [0.1, 0.15) is 16.1 Å². The minimum Gasteiger partial charge on any atom is -0.332 e. The summed E-state index contributed by atoms with van der Waals surface area (Å²) in [5.41, 5.74) is 1.64. The Bertz CT molecular complexity index is 822. The Morgan fingerprint density at radius 2 is 2.08 bits per heavy atom. The lowest BCUT2D eigenvalue weighted by molar-refractivity contribution is 0.251. The van der Waals surface area contributed by atoms with Gasteiger partial charge in [-0.2, -0.15) is 0 Å². The molecule has 0 aliphatic rings. The molecule has 3 rings (SSSR count). The minimum atomic E-state index is -0.340. The Morgan fingerprint density at radius 3 is 2.88 bits per heavy atom. The van der Waals surface area contributed by atoms with Crippen LogP contribution in [0, 0.1) is 5.82 Å². The second kappa shape index (κ2) is 7.65. The maximum Gasteiger partial charge on any atom is 0.321 e. The van der Waals surface area contributed by atoms with Crippen molar-refractivity contribution in [2.24, 2.45) is 0 Å². The van der Waals surface area contributed by atoms with Crippen LogP contribution in [0.5, 0.6) is 0 Å². The van der Waals surface area contributed by atoms with Crippen LogP contribution in [0.15, 0.2) is 54.9 Å². The van der Waals surface area contributed by atoms with E-state index < -0.39 is 0 Å². The summed E-state index contributed by atoms with van der Waals surface area (Å²) >= 11 is 1.36. The van der Waals surface area contributed by atoms with E-state index in [1.54, 1.807) is 18.5 Å². The topological polar surface area (TPSA) is 66.9 Å². The molecule has 0 atom stereocenters. The number of aromatic nitrogens is 2. The number of hydrogen-bond acceptors (Lipinski definition) is 4. The summed E-state index contributed by atoms with van der Waals surface area (Å²) in [4.78, 5) is 21.1. The third kappa shape index (κ3) is 4.60. The van der Waals surface area contributed by atoms with Gasteiger partial charge in [0.05, 0.1) is 12.2 Å². The van der Waals surface area contributed by atoms with E-state index in [1.807, 2.05) is 24.3 Å². The van der Waals surface area contributed by atoms with E-state index in [2.05, 4.69) is 20.6 Å². The monoisotopic (exact) mass is 342 g/mol. The summed E-state index contributed by atoms with van der Waals surface area (Å²) in [6.45, 7) is 0.341. The molecule has 24 heavy (non-hydrogen) atoms. The number of benzene rings is 1. The molecule has 0 unspecified atom stereocenters. The normalized spacial score (nSPS) is 10.4. The average molecular weight is 342 g/mol. The lowest BCUT2D eigenvalue weighted by atomic mass is 10.1. The molecule has 0 bridgehead atoms. The number of carbonyl (C=O) groups excluding carboxylic acids is 1. The summed E-state index contributed by atoms with van der Waals surface area (Å²) in [5, 5.41) is 5.90. The van der Waals surface area contributed by atoms with Gasteiger partial charge in [0.2, 0.25) is 0 Å². The summed E-state index contributed by atoms with van der Waals surface area (Å²) in [7, 11) is 0. The molecule has 0 spiro atoms. The number of anilines is 1. The van der Waals surface area contributed by atoms with E-state index in [0.29, 0.717) is 18.1 Å². The molecule has 3 aromatic rings. The first-order valence-electron chi connectivity index (χ1n) is 7.33. The molecule has 0 aliphatic carbocycles. The van der Waals surface area contributed by atoms with E-state index >= 15 is 0 Å². The zero-order valence-electron chi connectivity index (χ0n) is 12.7. The Labute approximate surface area is 142 Å². The Morgan fingerprint density at radius 1 is 1.17 bits per heavy atom. The number of carbonyl (C=O) groups is 1. The highest BCUT2D eigenvalue weighted by Gasteiger charge is 2.07. The first-order valence-corrected chi connectivity index (χ1v) is 8.14. The molecular formula is C17H15FN4OS. The van der Waals surface area contributed by atoms with Gasteiger partial charge in [-0.05, 0) is 29.8 Å². The third-order valence-corrected chi connectivity index (χ3v) is 4.11. The first kappa shape index (κ1) is 16.1. The van der Waals surface area contributed by atoms with Gasteiger partial charge >= 0.3 is 6.03 Å². The van der Waals surface area contributed by atoms with Crippen LogP contribution in [0.3, 0.4) is 0 Å². The van der Waals surface area contributed by atoms with Gasteiger partial charge < -0.3 is 5.32 Å². The number of hydrogen-bond donors (Lipinski definition) is 2. The van der Waals surface area contributed by atoms with Crippen molar-refractivity contribution in [2.75, 3.05) is 5.32 Å². The number of nitrogens with zero attached hydrogens (tertiary/aromatic N) is 2. The highest BCUT2D eigenvalue weighted by Crippen LogP contribution is 2.21. The molecular weight excluding hydrogens is 327 g/mol.